The molecular weight excluding hydrogens is 210 g/mol. The Balaban J connectivity index is 1.76. The van der Waals surface area contributed by atoms with Crippen LogP contribution in [-0.4, -0.2) is 49.2 Å². The van der Waals surface area contributed by atoms with E-state index >= 15 is 0 Å². The summed E-state index contributed by atoms with van der Waals surface area (Å²) >= 11 is 0. The summed E-state index contributed by atoms with van der Waals surface area (Å²) in [5.41, 5.74) is 5.00. The zero-order chi connectivity index (χ0) is 12.1. The van der Waals surface area contributed by atoms with E-state index in [1.54, 1.807) is 0 Å². The minimum atomic E-state index is 0.501. The highest BCUT2D eigenvalue weighted by Crippen LogP contribution is 2.04. The Morgan fingerprint density at radius 2 is 1.76 bits per heavy atom. The van der Waals surface area contributed by atoms with Gasteiger partial charge in [-0.1, -0.05) is 30.3 Å². The van der Waals surface area contributed by atoms with Crippen molar-refractivity contribution in [1.82, 2.24) is 15.3 Å². The van der Waals surface area contributed by atoms with E-state index < -0.39 is 0 Å². The Bertz CT molecular complexity index is 317. The summed E-state index contributed by atoms with van der Waals surface area (Å²) in [6, 6.07) is 11.2. The molecule has 1 aromatic carbocycles. The fraction of sp³-hybridized carbons (Fsp3) is 0.571. The maximum atomic E-state index is 3.59. The lowest BCUT2D eigenvalue weighted by molar-refractivity contribution is 0.0899. The molecule has 0 aliphatic carbocycles. The summed E-state index contributed by atoms with van der Waals surface area (Å²) in [7, 11) is 2.19. The Morgan fingerprint density at radius 3 is 2.41 bits per heavy atom. The lowest BCUT2D eigenvalue weighted by Gasteiger charge is -2.34. The van der Waals surface area contributed by atoms with Crippen molar-refractivity contribution < 1.29 is 0 Å². The van der Waals surface area contributed by atoms with Gasteiger partial charge in [0.05, 0.1) is 0 Å². The first kappa shape index (κ1) is 12.6. The number of hydrogen-bond donors (Lipinski definition) is 1. The van der Waals surface area contributed by atoms with Gasteiger partial charge in [0.25, 0.3) is 0 Å². The number of piperazine rings is 1. The Morgan fingerprint density at radius 1 is 1.12 bits per heavy atom. The van der Waals surface area contributed by atoms with Gasteiger partial charge in [0.2, 0.25) is 0 Å². The molecule has 3 nitrogen and oxygen atoms in total. The zero-order valence-corrected chi connectivity index (χ0v) is 10.9. The lowest BCUT2D eigenvalue weighted by atomic mass is 10.1. The van der Waals surface area contributed by atoms with Gasteiger partial charge >= 0.3 is 0 Å². The number of rotatable bonds is 4. The monoisotopic (exact) mass is 233 g/mol. The zero-order valence-electron chi connectivity index (χ0n) is 10.9. The van der Waals surface area contributed by atoms with Crippen molar-refractivity contribution in [1.29, 1.82) is 0 Å². The van der Waals surface area contributed by atoms with Crippen LogP contribution in [0.2, 0.25) is 0 Å². The molecule has 2 rings (SSSR count). The molecule has 0 saturated carbocycles. The molecule has 0 radical (unpaired) electrons. The van der Waals surface area contributed by atoms with Gasteiger partial charge in [-0.2, -0.15) is 0 Å². The van der Waals surface area contributed by atoms with E-state index in [1.165, 1.54) is 5.56 Å². The van der Waals surface area contributed by atoms with E-state index in [0.29, 0.717) is 6.04 Å². The van der Waals surface area contributed by atoms with Crippen molar-refractivity contribution in [3.8, 4) is 0 Å². The van der Waals surface area contributed by atoms with Gasteiger partial charge in [-0.15, -0.1) is 0 Å². The van der Waals surface area contributed by atoms with Crippen molar-refractivity contribution in [3.63, 3.8) is 0 Å². The number of benzene rings is 1. The highest BCUT2D eigenvalue weighted by molar-refractivity contribution is 5.15. The minimum absolute atomic E-state index is 0.501. The normalized spacial score (nSPS) is 20.4. The summed E-state index contributed by atoms with van der Waals surface area (Å²) in [4.78, 5) is 2.38. The molecule has 1 aromatic rings. The van der Waals surface area contributed by atoms with E-state index in [-0.39, 0.29) is 0 Å². The highest BCUT2D eigenvalue weighted by atomic mass is 15.5. The summed E-state index contributed by atoms with van der Waals surface area (Å²) in [5, 5.41) is 2.35. The van der Waals surface area contributed by atoms with Gasteiger partial charge in [-0.25, -0.2) is 5.01 Å². The molecule has 1 heterocycles. The molecule has 1 aliphatic heterocycles. The van der Waals surface area contributed by atoms with E-state index in [2.05, 4.69) is 59.6 Å². The van der Waals surface area contributed by atoms with Crippen LogP contribution in [-0.2, 0) is 6.42 Å². The first-order valence-electron chi connectivity index (χ1n) is 6.47. The van der Waals surface area contributed by atoms with Gasteiger partial charge < -0.3 is 4.90 Å². The van der Waals surface area contributed by atoms with Gasteiger partial charge in [0.15, 0.2) is 0 Å². The second-order valence-electron chi connectivity index (χ2n) is 5.01. The SMILES string of the molecule is CC(Cc1ccccc1)NN1CCN(C)CC1. The maximum absolute atomic E-state index is 3.59. The van der Waals surface area contributed by atoms with Crippen molar-refractivity contribution >= 4 is 0 Å². The minimum Gasteiger partial charge on any atom is -0.304 e. The largest absolute Gasteiger partial charge is 0.304 e. The topological polar surface area (TPSA) is 18.5 Å². The van der Waals surface area contributed by atoms with Gasteiger partial charge in [-0.3, -0.25) is 5.43 Å². The summed E-state index contributed by atoms with van der Waals surface area (Å²) < 4.78 is 0. The van der Waals surface area contributed by atoms with Gasteiger partial charge in [0, 0.05) is 32.2 Å². The molecule has 1 atom stereocenters. The van der Waals surface area contributed by atoms with Crippen LogP contribution in [0.4, 0.5) is 0 Å². The Labute approximate surface area is 104 Å². The number of nitrogens with one attached hydrogen (secondary N) is 1. The average Bonchev–Trinajstić information content (AvgIpc) is 2.33. The van der Waals surface area contributed by atoms with Crippen LogP contribution >= 0.6 is 0 Å². The van der Waals surface area contributed by atoms with Crippen molar-refractivity contribution in [3.05, 3.63) is 35.9 Å². The smallest absolute Gasteiger partial charge is 0.0259 e. The summed E-state index contributed by atoms with van der Waals surface area (Å²) in [5.74, 6) is 0. The molecule has 0 bridgehead atoms. The Kier molecular flexibility index (Phi) is 4.54. The van der Waals surface area contributed by atoms with E-state index in [1.807, 2.05) is 0 Å². The standard InChI is InChI=1S/C14H23N3/c1-13(12-14-6-4-3-5-7-14)15-17-10-8-16(2)9-11-17/h3-7,13,15H,8-12H2,1-2H3. The van der Waals surface area contributed by atoms with E-state index in [4.69, 9.17) is 0 Å². The molecule has 0 spiro atoms. The summed E-state index contributed by atoms with van der Waals surface area (Å²) in [6.45, 7) is 6.81. The summed E-state index contributed by atoms with van der Waals surface area (Å²) in [6.07, 6.45) is 1.09. The molecule has 1 aliphatic rings. The molecular formula is C14H23N3. The Hall–Kier alpha value is -0.900. The molecule has 3 heteroatoms. The third kappa shape index (κ3) is 4.11. The van der Waals surface area contributed by atoms with Crippen molar-refractivity contribution in [2.45, 2.75) is 19.4 Å². The van der Waals surface area contributed by atoms with Crippen LogP contribution in [0, 0.1) is 0 Å². The molecule has 0 amide bonds. The van der Waals surface area contributed by atoms with E-state index in [0.717, 1.165) is 32.6 Å². The first-order valence-corrected chi connectivity index (χ1v) is 6.47. The molecule has 17 heavy (non-hydrogen) atoms. The molecule has 94 valence electrons. The fourth-order valence-corrected chi connectivity index (χ4v) is 2.26. The molecule has 1 fully saturated rings. The van der Waals surface area contributed by atoms with Crippen molar-refractivity contribution in [2.75, 3.05) is 33.2 Å². The third-order valence-corrected chi connectivity index (χ3v) is 3.29. The number of likely N-dealkylation sites (N-methyl/N-ethyl adjacent to an activating group) is 1. The van der Waals surface area contributed by atoms with Crippen LogP contribution in [0.15, 0.2) is 30.3 Å². The number of hydrogen-bond acceptors (Lipinski definition) is 3. The predicted molar refractivity (Wildman–Crippen MR) is 71.8 cm³/mol. The number of hydrazine groups is 1. The predicted octanol–water partition coefficient (Wildman–Crippen LogP) is 1.37. The maximum Gasteiger partial charge on any atom is 0.0259 e. The second kappa shape index (κ2) is 6.15. The average molecular weight is 233 g/mol. The third-order valence-electron chi connectivity index (χ3n) is 3.29. The molecule has 1 unspecified atom stereocenters. The van der Waals surface area contributed by atoms with Crippen molar-refractivity contribution in [2.24, 2.45) is 0 Å². The van der Waals surface area contributed by atoms with Gasteiger partial charge in [0.1, 0.15) is 0 Å². The van der Waals surface area contributed by atoms with Crippen LogP contribution < -0.4 is 5.43 Å². The quantitative estimate of drug-likeness (QED) is 0.847. The molecule has 1 saturated heterocycles. The van der Waals surface area contributed by atoms with Crippen LogP contribution in [0.1, 0.15) is 12.5 Å². The first-order chi connectivity index (χ1) is 8.24. The molecule has 0 aromatic heterocycles. The lowest BCUT2D eigenvalue weighted by Crippen LogP contribution is -2.53. The molecule has 1 N–H and O–H groups in total. The van der Waals surface area contributed by atoms with Crippen LogP contribution in [0.5, 0.6) is 0 Å². The highest BCUT2D eigenvalue weighted by Gasteiger charge is 2.15. The fourth-order valence-electron chi connectivity index (χ4n) is 2.26. The van der Waals surface area contributed by atoms with Crippen LogP contribution in [0.3, 0.4) is 0 Å². The van der Waals surface area contributed by atoms with Gasteiger partial charge in [-0.05, 0) is 26.0 Å². The number of nitrogens with zero attached hydrogens (tertiary/aromatic N) is 2. The van der Waals surface area contributed by atoms with Crippen LogP contribution in [0.25, 0.3) is 0 Å². The second-order valence-corrected chi connectivity index (χ2v) is 5.01. The van der Waals surface area contributed by atoms with E-state index in [9.17, 15) is 0 Å².